The van der Waals surface area contributed by atoms with Crippen LogP contribution in [-0.2, 0) is 9.84 Å². The highest BCUT2D eigenvalue weighted by atomic mass is 32.2. The number of rotatable bonds is 2. The maximum absolute atomic E-state index is 12.4. The molecule has 0 atom stereocenters. The third-order valence-corrected chi connectivity index (χ3v) is 4.62. The molecule has 3 aromatic rings. The zero-order chi connectivity index (χ0) is 13.5. The number of hydrogen-bond acceptors (Lipinski definition) is 3. The summed E-state index contributed by atoms with van der Waals surface area (Å²) in [6.45, 7) is 0. The molecule has 0 saturated heterocycles. The molecule has 0 amide bonds. The smallest absolute Gasteiger partial charge is 0.306 e. The normalized spacial score (nSPS) is 11.8. The van der Waals surface area contributed by atoms with Crippen molar-refractivity contribution in [2.75, 3.05) is 0 Å². The molecule has 6 heteroatoms. The summed E-state index contributed by atoms with van der Waals surface area (Å²) in [5.74, 6) is 0. The van der Waals surface area contributed by atoms with Crippen molar-refractivity contribution in [3.63, 3.8) is 0 Å². The molecule has 1 heterocycles. The van der Waals surface area contributed by atoms with Crippen LogP contribution in [0.3, 0.4) is 0 Å². The summed E-state index contributed by atoms with van der Waals surface area (Å²) >= 11 is 0. The highest BCUT2D eigenvalue weighted by Gasteiger charge is 2.17. The van der Waals surface area contributed by atoms with E-state index in [0.29, 0.717) is 11.0 Å². The van der Waals surface area contributed by atoms with Crippen LogP contribution in [0.15, 0.2) is 63.1 Å². The van der Waals surface area contributed by atoms with Gasteiger partial charge in [-0.1, -0.05) is 18.2 Å². The van der Waals surface area contributed by atoms with E-state index in [1.54, 1.807) is 36.4 Å². The SMILES string of the molecule is O=c1[nH]c2ccc(S(=O)(=O)c3ccccc3)cc2[nH]1. The second-order valence-corrected chi connectivity index (χ2v) is 6.05. The first-order chi connectivity index (χ1) is 9.07. The Hall–Kier alpha value is -2.34. The lowest BCUT2D eigenvalue weighted by molar-refractivity contribution is 0.596. The Kier molecular flexibility index (Phi) is 2.53. The second-order valence-electron chi connectivity index (χ2n) is 4.10. The lowest BCUT2D eigenvalue weighted by Crippen LogP contribution is -2.01. The molecular weight excluding hydrogens is 264 g/mol. The third-order valence-electron chi connectivity index (χ3n) is 2.85. The molecule has 0 saturated carbocycles. The number of imidazole rings is 1. The summed E-state index contributed by atoms with van der Waals surface area (Å²) in [6, 6.07) is 12.7. The second kappa shape index (κ2) is 4.10. The van der Waals surface area contributed by atoms with Gasteiger partial charge in [-0.25, -0.2) is 13.2 Å². The Balaban J connectivity index is 2.21. The number of aromatic amines is 2. The number of sulfone groups is 1. The van der Waals surface area contributed by atoms with Crippen LogP contribution < -0.4 is 5.69 Å². The summed E-state index contributed by atoms with van der Waals surface area (Å²) in [5.41, 5.74) is 0.697. The van der Waals surface area contributed by atoms with Gasteiger partial charge in [0.05, 0.1) is 20.8 Å². The van der Waals surface area contributed by atoms with E-state index in [0.717, 1.165) is 0 Å². The van der Waals surface area contributed by atoms with Gasteiger partial charge in [0.1, 0.15) is 0 Å². The molecule has 0 aliphatic heterocycles. The monoisotopic (exact) mass is 274 g/mol. The minimum Gasteiger partial charge on any atom is -0.306 e. The molecule has 0 spiro atoms. The fraction of sp³-hybridized carbons (Fsp3) is 0. The molecule has 5 nitrogen and oxygen atoms in total. The average Bonchev–Trinajstić information content (AvgIpc) is 2.78. The van der Waals surface area contributed by atoms with Crippen molar-refractivity contribution in [2.24, 2.45) is 0 Å². The van der Waals surface area contributed by atoms with Gasteiger partial charge in [-0.05, 0) is 30.3 Å². The van der Waals surface area contributed by atoms with Crippen LogP contribution in [0.1, 0.15) is 0 Å². The predicted molar refractivity (Wildman–Crippen MR) is 70.8 cm³/mol. The number of fused-ring (bicyclic) bond motifs is 1. The number of hydrogen-bond donors (Lipinski definition) is 2. The number of benzene rings is 2. The van der Waals surface area contributed by atoms with Crippen molar-refractivity contribution in [1.29, 1.82) is 0 Å². The average molecular weight is 274 g/mol. The predicted octanol–water partition coefficient (Wildman–Crippen LogP) is 1.69. The topological polar surface area (TPSA) is 82.8 Å². The molecule has 2 N–H and O–H groups in total. The summed E-state index contributed by atoms with van der Waals surface area (Å²) in [5, 5.41) is 0. The maximum Gasteiger partial charge on any atom is 0.323 e. The zero-order valence-electron chi connectivity index (χ0n) is 9.75. The van der Waals surface area contributed by atoms with Gasteiger partial charge in [0.25, 0.3) is 0 Å². The van der Waals surface area contributed by atoms with Gasteiger partial charge in [-0.2, -0.15) is 0 Å². The van der Waals surface area contributed by atoms with Gasteiger partial charge in [0.2, 0.25) is 9.84 Å². The highest BCUT2D eigenvalue weighted by Crippen LogP contribution is 2.22. The van der Waals surface area contributed by atoms with Crippen LogP contribution in [-0.4, -0.2) is 18.4 Å². The first-order valence-corrected chi connectivity index (χ1v) is 7.08. The van der Waals surface area contributed by atoms with Crippen molar-refractivity contribution in [3.8, 4) is 0 Å². The molecule has 0 aliphatic rings. The van der Waals surface area contributed by atoms with Gasteiger partial charge < -0.3 is 9.97 Å². The van der Waals surface area contributed by atoms with E-state index in [2.05, 4.69) is 9.97 Å². The van der Waals surface area contributed by atoms with E-state index in [4.69, 9.17) is 0 Å². The Bertz CT molecular complexity index is 892. The minimum absolute atomic E-state index is 0.154. The third kappa shape index (κ3) is 1.96. The quantitative estimate of drug-likeness (QED) is 0.746. The molecule has 0 unspecified atom stereocenters. The standard InChI is InChI=1S/C13H10N2O3S/c16-13-14-11-7-6-10(8-12(11)15-13)19(17,18)9-4-2-1-3-5-9/h1-8H,(H2,14,15,16). The summed E-state index contributed by atoms with van der Waals surface area (Å²) < 4.78 is 24.8. The van der Waals surface area contributed by atoms with Crippen LogP contribution in [0, 0.1) is 0 Å². The first-order valence-electron chi connectivity index (χ1n) is 5.59. The van der Waals surface area contributed by atoms with Crippen LogP contribution in [0.2, 0.25) is 0 Å². The van der Waals surface area contributed by atoms with E-state index in [-0.39, 0.29) is 15.5 Å². The minimum atomic E-state index is -3.56. The van der Waals surface area contributed by atoms with E-state index in [1.165, 1.54) is 12.1 Å². The van der Waals surface area contributed by atoms with Crippen molar-refractivity contribution >= 4 is 20.9 Å². The Labute approximate surface area is 108 Å². The fourth-order valence-corrected chi connectivity index (χ4v) is 3.22. The van der Waals surface area contributed by atoms with Crippen LogP contribution in [0.25, 0.3) is 11.0 Å². The van der Waals surface area contributed by atoms with Gasteiger partial charge in [-0.3, -0.25) is 0 Å². The number of aromatic nitrogens is 2. The number of nitrogens with one attached hydrogen (secondary N) is 2. The maximum atomic E-state index is 12.4. The molecule has 0 aliphatic carbocycles. The Morgan fingerprint density at radius 3 is 2.21 bits per heavy atom. The van der Waals surface area contributed by atoms with Gasteiger partial charge >= 0.3 is 5.69 Å². The summed E-state index contributed by atoms with van der Waals surface area (Å²) in [6.07, 6.45) is 0. The molecule has 96 valence electrons. The van der Waals surface area contributed by atoms with Crippen molar-refractivity contribution < 1.29 is 8.42 Å². The van der Waals surface area contributed by atoms with Gasteiger partial charge in [0.15, 0.2) is 0 Å². The number of H-pyrrole nitrogens is 2. The van der Waals surface area contributed by atoms with Crippen molar-refractivity contribution in [2.45, 2.75) is 9.79 Å². The molecule has 0 bridgehead atoms. The molecule has 1 aromatic heterocycles. The zero-order valence-corrected chi connectivity index (χ0v) is 10.6. The lowest BCUT2D eigenvalue weighted by atomic mass is 10.3. The lowest BCUT2D eigenvalue weighted by Gasteiger charge is -2.04. The van der Waals surface area contributed by atoms with Crippen molar-refractivity contribution in [1.82, 2.24) is 9.97 Å². The van der Waals surface area contributed by atoms with E-state index < -0.39 is 9.84 Å². The first kappa shape index (κ1) is 11.7. The van der Waals surface area contributed by atoms with Crippen LogP contribution in [0.5, 0.6) is 0 Å². The van der Waals surface area contributed by atoms with Gasteiger partial charge in [0, 0.05) is 0 Å². The van der Waals surface area contributed by atoms with E-state index in [9.17, 15) is 13.2 Å². The molecule has 19 heavy (non-hydrogen) atoms. The summed E-state index contributed by atoms with van der Waals surface area (Å²) in [4.78, 5) is 16.7. The Morgan fingerprint density at radius 1 is 0.789 bits per heavy atom. The van der Waals surface area contributed by atoms with E-state index >= 15 is 0 Å². The molecule has 2 aromatic carbocycles. The molecule has 0 radical (unpaired) electrons. The van der Waals surface area contributed by atoms with Crippen LogP contribution in [0.4, 0.5) is 0 Å². The van der Waals surface area contributed by atoms with Crippen LogP contribution >= 0.6 is 0 Å². The van der Waals surface area contributed by atoms with Crippen molar-refractivity contribution in [3.05, 3.63) is 59.0 Å². The summed E-state index contributed by atoms with van der Waals surface area (Å²) in [7, 11) is -3.56. The van der Waals surface area contributed by atoms with Gasteiger partial charge in [-0.15, -0.1) is 0 Å². The molecule has 0 fully saturated rings. The largest absolute Gasteiger partial charge is 0.323 e. The Morgan fingerprint density at radius 2 is 1.47 bits per heavy atom. The highest BCUT2D eigenvalue weighted by molar-refractivity contribution is 7.91. The van der Waals surface area contributed by atoms with E-state index in [1.807, 2.05) is 0 Å². The fourth-order valence-electron chi connectivity index (χ4n) is 1.91. The molecule has 3 rings (SSSR count). The molecular formula is C13H10N2O3S.